The molecule has 0 atom stereocenters. The zero-order chi connectivity index (χ0) is 27.1. The highest BCUT2D eigenvalue weighted by Crippen LogP contribution is 2.34. The summed E-state index contributed by atoms with van der Waals surface area (Å²) in [6.45, 7) is 0. The average molecular weight is 521 g/mol. The Labute approximate surface area is 227 Å². The maximum absolute atomic E-state index is 13.9. The van der Waals surface area contributed by atoms with Crippen molar-refractivity contribution in [2.75, 3.05) is 0 Å². The Bertz CT molecular complexity index is 1640. The van der Waals surface area contributed by atoms with Crippen LogP contribution in [0.4, 0.5) is 0 Å². The smallest absolute Gasteiger partial charge is 0.234 e. The van der Waals surface area contributed by atoms with Crippen LogP contribution in [0.2, 0.25) is 0 Å². The Morgan fingerprint density at radius 2 is 0.575 bits per heavy atom. The van der Waals surface area contributed by atoms with Crippen LogP contribution in [0, 0.1) is 0 Å². The minimum Gasteiger partial charge on any atom is -0.285 e. The lowest BCUT2D eigenvalue weighted by molar-refractivity contribution is 0.0964. The number of carbonyl (C=O) groups excluding carboxylic acids is 2. The number of pyridine rings is 4. The number of nitrogens with zero attached hydrogens (tertiary/aromatic N) is 8. The maximum atomic E-state index is 13.9. The van der Waals surface area contributed by atoms with Crippen molar-refractivity contribution >= 4 is 11.6 Å². The summed E-state index contributed by atoms with van der Waals surface area (Å²) in [6.07, 6.45) is 6.46. The SMILES string of the molecule is O=C1c2nc(-c3ccccn3)c(-c3ccccn3)nc2C(=O)c2nc(-c3ccccn3)c(-c3ccccn3)nc21. The van der Waals surface area contributed by atoms with E-state index in [-0.39, 0.29) is 22.8 Å². The van der Waals surface area contributed by atoms with Gasteiger partial charge < -0.3 is 0 Å². The molecule has 1 aliphatic rings. The lowest BCUT2D eigenvalue weighted by Gasteiger charge is -2.19. The van der Waals surface area contributed by atoms with Crippen LogP contribution >= 0.6 is 0 Å². The number of rotatable bonds is 4. The van der Waals surface area contributed by atoms with Crippen molar-refractivity contribution < 1.29 is 9.59 Å². The van der Waals surface area contributed by atoms with Crippen molar-refractivity contribution in [3.05, 3.63) is 120 Å². The molecule has 0 bridgehead atoms. The van der Waals surface area contributed by atoms with E-state index in [1.165, 1.54) is 0 Å². The van der Waals surface area contributed by atoms with E-state index in [9.17, 15) is 9.59 Å². The van der Waals surface area contributed by atoms with E-state index in [1.807, 2.05) is 0 Å². The lowest BCUT2D eigenvalue weighted by atomic mass is 9.95. The molecule has 7 rings (SSSR count). The fourth-order valence-electron chi connectivity index (χ4n) is 4.45. The third-order valence-corrected chi connectivity index (χ3v) is 6.28. The van der Waals surface area contributed by atoms with E-state index in [4.69, 9.17) is 0 Å². The van der Waals surface area contributed by atoms with Crippen LogP contribution in [0.15, 0.2) is 97.6 Å². The number of ketones is 2. The second kappa shape index (κ2) is 9.44. The molecule has 0 unspecified atom stereocenters. The van der Waals surface area contributed by atoms with Crippen molar-refractivity contribution in [1.82, 2.24) is 39.9 Å². The minimum atomic E-state index is -0.570. The van der Waals surface area contributed by atoms with Gasteiger partial charge in [-0.15, -0.1) is 0 Å². The van der Waals surface area contributed by atoms with Crippen molar-refractivity contribution in [2.24, 2.45) is 0 Å². The summed E-state index contributed by atoms with van der Waals surface area (Å²) in [5.74, 6) is -1.14. The van der Waals surface area contributed by atoms with Crippen LogP contribution in [0.25, 0.3) is 45.6 Å². The molecule has 0 spiro atoms. The first-order chi connectivity index (χ1) is 19.7. The van der Waals surface area contributed by atoms with Crippen molar-refractivity contribution in [3.63, 3.8) is 0 Å². The van der Waals surface area contributed by atoms with Gasteiger partial charge in [0.1, 0.15) is 45.6 Å². The second-order valence-electron chi connectivity index (χ2n) is 8.75. The first-order valence-corrected chi connectivity index (χ1v) is 12.3. The van der Waals surface area contributed by atoms with Crippen molar-refractivity contribution in [2.45, 2.75) is 0 Å². The van der Waals surface area contributed by atoms with Gasteiger partial charge in [-0.1, -0.05) is 24.3 Å². The molecule has 10 nitrogen and oxygen atoms in total. The lowest BCUT2D eigenvalue weighted by Crippen LogP contribution is -2.28. The maximum Gasteiger partial charge on any atom is 0.234 e. The number of hydrogen-bond donors (Lipinski definition) is 0. The monoisotopic (exact) mass is 520 g/mol. The summed E-state index contributed by atoms with van der Waals surface area (Å²) in [4.78, 5) is 63.9. The molecule has 1 aliphatic carbocycles. The molecule has 6 heterocycles. The van der Waals surface area contributed by atoms with Gasteiger partial charge in [-0.2, -0.15) is 0 Å². The third kappa shape index (κ3) is 3.82. The summed E-state index contributed by atoms with van der Waals surface area (Å²) < 4.78 is 0. The molecule has 10 heteroatoms. The number of hydrogen-bond acceptors (Lipinski definition) is 10. The minimum absolute atomic E-state index is 0.121. The van der Waals surface area contributed by atoms with E-state index < -0.39 is 11.6 Å². The summed E-state index contributed by atoms with van der Waals surface area (Å²) in [5.41, 5.74) is 2.74. The highest BCUT2D eigenvalue weighted by molar-refractivity contribution is 6.26. The number of fused-ring (bicyclic) bond motifs is 2. The molecule has 0 saturated carbocycles. The predicted molar refractivity (Wildman–Crippen MR) is 144 cm³/mol. The van der Waals surface area contributed by atoms with Gasteiger partial charge in [-0.25, -0.2) is 19.9 Å². The largest absolute Gasteiger partial charge is 0.285 e. The summed E-state index contributed by atoms with van der Waals surface area (Å²) in [7, 11) is 0. The van der Waals surface area contributed by atoms with Crippen molar-refractivity contribution in [3.8, 4) is 45.6 Å². The van der Waals surface area contributed by atoms with Crippen LogP contribution in [-0.2, 0) is 0 Å². The van der Waals surface area contributed by atoms with Gasteiger partial charge in [0, 0.05) is 24.8 Å². The normalized spacial score (nSPS) is 12.1. The Morgan fingerprint density at radius 1 is 0.325 bits per heavy atom. The molecule has 0 fully saturated rings. The molecule has 188 valence electrons. The molecule has 0 amide bonds. The number of carbonyl (C=O) groups is 2. The van der Waals surface area contributed by atoms with E-state index >= 15 is 0 Å². The fourth-order valence-corrected chi connectivity index (χ4v) is 4.45. The van der Waals surface area contributed by atoms with Gasteiger partial charge in [-0.05, 0) is 48.5 Å². The van der Waals surface area contributed by atoms with Gasteiger partial charge >= 0.3 is 0 Å². The van der Waals surface area contributed by atoms with E-state index in [0.29, 0.717) is 45.6 Å². The highest BCUT2D eigenvalue weighted by atomic mass is 16.1. The quantitative estimate of drug-likeness (QED) is 0.330. The highest BCUT2D eigenvalue weighted by Gasteiger charge is 2.38. The first kappa shape index (κ1) is 23.2. The predicted octanol–water partition coefficient (Wildman–Crippen LogP) is 4.29. The molecule has 6 aromatic heterocycles. The van der Waals surface area contributed by atoms with E-state index in [0.717, 1.165) is 0 Å². The molecule has 0 saturated heterocycles. The Balaban J connectivity index is 1.48. The summed E-state index contributed by atoms with van der Waals surface area (Å²) in [5, 5.41) is 0. The van der Waals surface area contributed by atoms with Crippen LogP contribution in [0.5, 0.6) is 0 Å². The molecule has 0 radical (unpaired) electrons. The first-order valence-electron chi connectivity index (χ1n) is 12.3. The van der Waals surface area contributed by atoms with E-state index in [1.54, 1.807) is 97.6 Å². The average Bonchev–Trinajstić information content (AvgIpc) is 3.04. The van der Waals surface area contributed by atoms with E-state index in [2.05, 4.69) is 39.9 Å². The zero-order valence-corrected chi connectivity index (χ0v) is 20.6. The van der Waals surface area contributed by atoms with Gasteiger partial charge in [0.2, 0.25) is 11.6 Å². The molecule has 0 aliphatic heterocycles. The second-order valence-corrected chi connectivity index (χ2v) is 8.75. The molecule has 0 N–H and O–H groups in total. The Morgan fingerprint density at radius 3 is 0.775 bits per heavy atom. The standard InChI is InChI=1S/C30H16N8O2/c39-29-25-26(36-22(18-10-2-6-14-32-18)21(35-25)17-9-1-5-13-31-17)30(40)28-27(29)37-23(19-11-3-7-15-33-19)24(38-28)20-12-4-8-16-34-20/h1-16H. The molecular weight excluding hydrogens is 504 g/mol. The molecule has 0 aromatic carbocycles. The zero-order valence-electron chi connectivity index (χ0n) is 20.6. The van der Waals surface area contributed by atoms with Crippen molar-refractivity contribution in [1.29, 1.82) is 0 Å². The van der Waals surface area contributed by atoms with Crippen LogP contribution in [0.3, 0.4) is 0 Å². The topological polar surface area (TPSA) is 137 Å². The van der Waals surface area contributed by atoms with Crippen LogP contribution < -0.4 is 0 Å². The van der Waals surface area contributed by atoms with Gasteiger partial charge in [0.15, 0.2) is 0 Å². The van der Waals surface area contributed by atoms with Gasteiger partial charge in [-0.3, -0.25) is 29.5 Å². The van der Waals surface area contributed by atoms with Gasteiger partial charge in [0.25, 0.3) is 0 Å². The Kier molecular flexibility index (Phi) is 5.48. The summed E-state index contributed by atoms with van der Waals surface area (Å²) in [6, 6.07) is 21.3. The van der Waals surface area contributed by atoms with Gasteiger partial charge in [0.05, 0.1) is 22.8 Å². The molecular formula is C30H16N8O2. The van der Waals surface area contributed by atoms with Crippen LogP contribution in [0.1, 0.15) is 32.4 Å². The fraction of sp³-hybridized carbons (Fsp3) is 0. The van der Waals surface area contributed by atoms with Crippen LogP contribution in [-0.4, -0.2) is 51.4 Å². The third-order valence-electron chi connectivity index (χ3n) is 6.28. The number of aromatic nitrogens is 8. The molecule has 6 aromatic rings. The summed E-state index contributed by atoms with van der Waals surface area (Å²) >= 11 is 0. The molecule has 40 heavy (non-hydrogen) atoms. The Hall–Kier alpha value is -5.90.